The van der Waals surface area contributed by atoms with Gasteiger partial charge in [-0.25, -0.2) is 4.99 Å². The molecule has 11 heavy (non-hydrogen) atoms. The fraction of sp³-hybridized carbons (Fsp3) is 0.143. The van der Waals surface area contributed by atoms with Gasteiger partial charge in [-0.05, 0) is 6.92 Å². The molecule has 0 heterocycles. The van der Waals surface area contributed by atoms with Crippen LogP contribution in [0.15, 0.2) is 29.4 Å². The van der Waals surface area contributed by atoms with Crippen LogP contribution in [0.3, 0.4) is 0 Å². The molecule has 0 unspecified atom stereocenters. The number of nitrogens with one attached hydrogen (secondary N) is 2. The van der Waals surface area contributed by atoms with E-state index in [9.17, 15) is 0 Å². The molecule has 0 fully saturated rings. The number of nitrogens with zero attached hydrogens (tertiary/aromatic N) is 1. The molecule has 0 aliphatic carbocycles. The molecule has 0 aliphatic rings. The fourth-order valence-electron chi connectivity index (χ4n) is 0.517. The Labute approximate surface area is 66.0 Å². The van der Waals surface area contributed by atoms with E-state index >= 15 is 0 Å². The summed E-state index contributed by atoms with van der Waals surface area (Å²) >= 11 is 0. The SMILES string of the molecule is C=CC(=CNN)C(=N)N=CC. The van der Waals surface area contributed by atoms with E-state index in [1.807, 2.05) is 0 Å². The molecule has 0 spiro atoms. The Morgan fingerprint density at radius 2 is 2.36 bits per heavy atom. The lowest BCUT2D eigenvalue weighted by atomic mass is 10.2. The lowest BCUT2D eigenvalue weighted by molar-refractivity contribution is 0.963. The monoisotopic (exact) mass is 152 g/mol. The van der Waals surface area contributed by atoms with Crippen molar-refractivity contribution in [2.75, 3.05) is 0 Å². The van der Waals surface area contributed by atoms with Gasteiger partial charge in [-0.2, -0.15) is 0 Å². The van der Waals surface area contributed by atoms with E-state index < -0.39 is 0 Å². The van der Waals surface area contributed by atoms with E-state index in [-0.39, 0.29) is 5.84 Å². The highest BCUT2D eigenvalue weighted by atomic mass is 15.2. The molecule has 0 saturated heterocycles. The number of hydrazine groups is 1. The molecule has 0 aliphatic heterocycles. The first-order chi connectivity index (χ1) is 5.26. The van der Waals surface area contributed by atoms with Crippen LogP contribution in [0.2, 0.25) is 0 Å². The van der Waals surface area contributed by atoms with Gasteiger partial charge >= 0.3 is 0 Å². The second-order valence-electron chi connectivity index (χ2n) is 1.71. The maximum atomic E-state index is 7.32. The molecule has 0 amide bonds. The van der Waals surface area contributed by atoms with Gasteiger partial charge in [0.25, 0.3) is 0 Å². The highest BCUT2D eigenvalue weighted by Gasteiger charge is 1.95. The summed E-state index contributed by atoms with van der Waals surface area (Å²) in [5.74, 6) is 5.16. The van der Waals surface area contributed by atoms with Crippen LogP contribution >= 0.6 is 0 Å². The molecule has 4 nitrogen and oxygen atoms in total. The van der Waals surface area contributed by atoms with E-state index in [0.29, 0.717) is 5.57 Å². The van der Waals surface area contributed by atoms with Crippen LogP contribution in [0.4, 0.5) is 0 Å². The molecule has 0 radical (unpaired) electrons. The maximum absolute atomic E-state index is 7.32. The minimum absolute atomic E-state index is 0.139. The Morgan fingerprint density at radius 3 is 2.73 bits per heavy atom. The topological polar surface area (TPSA) is 74.3 Å². The number of aliphatic imine (C=N–C) groups is 1. The van der Waals surface area contributed by atoms with Crippen LogP contribution in [-0.4, -0.2) is 12.1 Å². The van der Waals surface area contributed by atoms with Crippen LogP contribution in [0, 0.1) is 5.41 Å². The van der Waals surface area contributed by atoms with Gasteiger partial charge in [0.15, 0.2) is 5.84 Å². The second kappa shape index (κ2) is 5.37. The van der Waals surface area contributed by atoms with Crippen LogP contribution in [-0.2, 0) is 0 Å². The van der Waals surface area contributed by atoms with E-state index in [4.69, 9.17) is 11.3 Å². The average Bonchev–Trinajstić information content (AvgIpc) is 2.00. The summed E-state index contributed by atoms with van der Waals surface area (Å²) in [5, 5.41) is 7.32. The maximum Gasteiger partial charge on any atom is 0.152 e. The summed E-state index contributed by atoms with van der Waals surface area (Å²) in [6.07, 6.45) is 4.51. The van der Waals surface area contributed by atoms with Gasteiger partial charge in [0.05, 0.1) is 0 Å². The van der Waals surface area contributed by atoms with E-state index in [1.165, 1.54) is 18.5 Å². The van der Waals surface area contributed by atoms with Gasteiger partial charge in [-0.15, -0.1) is 0 Å². The predicted molar refractivity (Wildman–Crippen MR) is 47.5 cm³/mol. The van der Waals surface area contributed by atoms with Gasteiger partial charge in [0.2, 0.25) is 0 Å². The minimum Gasteiger partial charge on any atom is -0.331 e. The van der Waals surface area contributed by atoms with Crippen molar-refractivity contribution in [1.82, 2.24) is 5.43 Å². The van der Waals surface area contributed by atoms with Gasteiger partial charge in [-0.1, -0.05) is 12.7 Å². The molecule has 0 rings (SSSR count). The van der Waals surface area contributed by atoms with E-state index in [1.54, 1.807) is 6.92 Å². The Bertz CT molecular complexity index is 202. The van der Waals surface area contributed by atoms with Crippen molar-refractivity contribution in [2.45, 2.75) is 6.92 Å². The molecule has 0 aromatic carbocycles. The zero-order chi connectivity index (χ0) is 8.69. The molecular formula is C7H12N4. The molecule has 0 saturated carbocycles. The van der Waals surface area contributed by atoms with Crippen molar-refractivity contribution in [3.63, 3.8) is 0 Å². The summed E-state index contributed by atoms with van der Waals surface area (Å²) in [7, 11) is 0. The molecule has 0 aromatic rings. The highest BCUT2D eigenvalue weighted by Crippen LogP contribution is 1.96. The molecule has 0 atom stereocenters. The standard InChI is InChI=1S/C7H12N4/c1-3-6(5-11-9)7(8)10-4-2/h3-5,8,11H,1,9H2,2H3. The van der Waals surface area contributed by atoms with Crippen LogP contribution < -0.4 is 11.3 Å². The van der Waals surface area contributed by atoms with Crippen LogP contribution in [0.5, 0.6) is 0 Å². The molecule has 0 bridgehead atoms. The molecule has 4 heteroatoms. The largest absolute Gasteiger partial charge is 0.331 e. The van der Waals surface area contributed by atoms with Crippen LogP contribution in [0.25, 0.3) is 0 Å². The first kappa shape index (κ1) is 9.58. The molecule has 60 valence electrons. The molecule has 0 aromatic heterocycles. The van der Waals surface area contributed by atoms with Crippen molar-refractivity contribution in [2.24, 2.45) is 10.8 Å². The minimum atomic E-state index is 0.139. The lowest BCUT2D eigenvalue weighted by Crippen LogP contribution is -2.15. The summed E-state index contributed by atoms with van der Waals surface area (Å²) in [6.45, 7) is 5.25. The Kier molecular flexibility index (Phi) is 4.68. The Hall–Kier alpha value is -1.42. The Balaban J connectivity index is 4.38. The number of hydrogen-bond acceptors (Lipinski definition) is 3. The third-order valence-electron chi connectivity index (χ3n) is 0.990. The van der Waals surface area contributed by atoms with Crippen molar-refractivity contribution in [3.05, 3.63) is 24.4 Å². The zero-order valence-corrected chi connectivity index (χ0v) is 6.46. The second-order valence-corrected chi connectivity index (χ2v) is 1.71. The van der Waals surface area contributed by atoms with E-state index in [0.717, 1.165) is 0 Å². The van der Waals surface area contributed by atoms with Crippen LogP contribution in [0.1, 0.15) is 6.92 Å². The first-order valence-electron chi connectivity index (χ1n) is 3.12. The first-order valence-corrected chi connectivity index (χ1v) is 3.12. The molecule has 4 N–H and O–H groups in total. The van der Waals surface area contributed by atoms with E-state index in [2.05, 4.69) is 17.0 Å². The van der Waals surface area contributed by atoms with Crippen molar-refractivity contribution in [3.8, 4) is 0 Å². The molecular weight excluding hydrogens is 140 g/mol. The van der Waals surface area contributed by atoms with Crippen molar-refractivity contribution in [1.29, 1.82) is 5.41 Å². The quantitative estimate of drug-likeness (QED) is 0.182. The summed E-state index contributed by atoms with van der Waals surface area (Å²) in [6, 6.07) is 0. The average molecular weight is 152 g/mol. The predicted octanol–water partition coefficient (Wildman–Crippen LogP) is 0.588. The third kappa shape index (κ3) is 3.32. The zero-order valence-electron chi connectivity index (χ0n) is 6.46. The summed E-state index contributed by atoms with van der Waals surface area (Å²) < 4.78 is 0. The third-order valence-corrected chi connectivity index (χ3v) is 0.990. The highest BCUT2D eigenvalue weighted by molar-refractivity contribution is 6.02. The number of nitrogens with two attached hydrogens (primary N) is 1. The van der Waals surface area contributed by atoms with Gasteiger partial charge in [0, 0.05) is 18.0 Å². The van der Waals surface area contributed by atoms with Gasteiger partial charge in [0.1, 0.15) is 0 Å². The van der Waals surface area contributed by atoms with Gasteiger partial charge < -0.3 is 5.43 Å². The van der Waals surface area contributed by atoms with Gasteiger partial charge in [-0.3, -0.25) is 11.3 Å². The number of hydrogen-bond donors (Lipinski definition) is 3. The Morgan fingerprint density at radius 1 is 1.73 bits per heavy atom. The smallest absolute Gasteiger partial charge is 0.152 e. The summed E-state index contributed by atoms with van der Waals surface area (Å²) in [5.41, 5.74) is 2.87. The lowest BCUT2D eigenvalue weighted by Gasteiger charge is -1.97. The summed E-state index contributed by atoms with van der Waals surface area (Å²) in [4.78, 5) is 3.74. The van der Waals surface area contributed by atoms with Crippen molar-refractivity contribution >= 4 is 12.1 Å². The van der Waals surface area contributed by atoms with Crippen molar-refractivity contribution < 1.29 is 0 Å². The normalized spacial score (nSPS) is 11.6. The number of amidine groups is 1. The fourth-order valence-corrected chi connectivity index (χ4v) is 0.517. The number of rotatable bonds is 3.